The number of aryl methyl sites for hydroxylation is 1. The van der Waals surface area contributed by atoms with Crippen LogP contribution in [0.15, 0.2) is 18.2 Å². The third-order valence-corrected chi connectivity index (χ3v) is 3.37. The predicted molar refractivity (Wildman–Crippen MR) is 70.8 cm³/mol. The normalized spacial score (nSPS) is 20.2. The molecule has 1 fully saturated rings. The van der Waals surface area contributed by atoms with E-state index in [4.69, 9.17) is 0 Å². The molecule has 1 heterocycles. The van der Waals surface area contributed by atoms with Crippen molar-refractivity contribution in [1.29, 1.82) is 0 Å². The van der Waals surface area contributed by atoms with Crippen LogP contribution in [0.1, 0.15) is 35.2 Å². The Hall–Kier alpha value is -1.55. The lowest BCUT2D eigenvalue weighted by atomic mass is 10.1. The molecule has 98 valence electrons. The molecule has 3 N–H and O–H groups in total. The van der Waals surface area contributed by atoms with E-state index in [0.717, 1.165) is 37.9 Å². The number of nitrogens with one attached hydrogen (secondary N) is 2. The number of benzene rings is 1. The summed E-state index contributed by atoms with van der Waals surface area (Å²) in [6.07, 6.45) is 3.10. The van der Waals surface area contributed by atoms with Crippen LogP contribution in [0.3, 0.4) is 0 Å². The molecule has 1 amide bonds. The van der Waals surface area contributed by atoms with Crippen LogP contribution in [0.5, 0.6) is 5.75 Å². The highest BCUT2D eigenvalue weighted by Gasteiger charge is 2.15. The Bertz CT molecular complexity index is 424. The minimum Gasteiger partial charge on any atom is -0.508 e. The van der Waals surface area contributed by atoms with Gasteiger partial charge in [-0.2, -0.15) is 0 Å². The molecule has 0 bridgehead atoms. The molecule has 0 aliphatic carbocycles. The maximum absolute atomic E-state index is 12.1. The molecule has 1 atom stereocenters. The van der Waals surface area contributed by atoms with Crippen molar-refractivity contribution < 1.29 is 9.90 Å². The summed E-state index contributed by atoms with van der Waals surface area (Å²) in [6.45, 7) is 3.78. The fourth-order valence-electron chi connectivity index (χ4n) is 2.23. The van der Waals surface area contributed by atoms with Crippen LogP contribution >= 0.6 is 0 Å². The van der Waals surface area contributed by atoms with Gasteiger partial charge in [-0.1, -0.05) is 0 Å². The van der Waals surface area contributed by atoms with Crippen molar-refractivity contribution in [1.82, 2.24) is 10.6 Å². The van der Waals surface area contributed by atoms with Crippen LogP contribution in [0, 0.1) is 6.92 Å². The molecule has 0 saturated carbocycles. The molecule has 0 radical (unpaired) electrons. The number of hydrogen-bond acceptors (Lipinski definition) is 3. The highest BCUT2D eigenvalue weighted by Crippen LogP contribution is 2.17. The van der Waals surface area contributed by atoms with Crippen LogP contribution in [0.4, 0.5) is 0 Å². The fraction of sp³-hybridized carbons (Fsp3) is 0.500. The Morgan fingerprint density at radius 3 is 3.00 bits per heavy atom. The summed E-state index contributed by atoms with van der Waals surface area (Å²) in [5.74, 6) is 0.176. The first-order valence-electron chi connectivity index (χ1n) is 6.48. The van der Waals surface area contributed by atoms with Gasteiger partial charge >= 0.3 is 0 Å². The Kier molecular flexibility index (Phi) is 4.20. The molecule has 1 aliphatic rings. The number of phenols is 1. The second-order valence-electron chi connectivity index (χ2n) is 4.85. The van der Waals surface area contributed by atoms with Crippen molar-refractivity contribution in [3.63, 3.8) is 0 Å². The molecule has 0 spiro atoms. The summed E-state index contributed by atoms with van der Waals surface area (Å²) in [6, 6.07) is 5.20. The maximum Gasteiger partial charge on any atom is 0.251 e. The fourth-order valence-corrected chi connectivity index (χ4v) is 2.23. The molecule has 1 aromatic rings. The largest absolute Gasteiger partial charge is 0.508 e. The van der Waals surface area contributed by atoms with Gasteiger partial charge in [0.1, 0.15) is 5.75 Å². The van der Waals surface area contributed by atoms with Crippen molar-refractivity contribution in [3.05, 3.63) is 29.3 Å². The quantitative estimate of drug-likeness (QED) is 0.744. The number of rotatable bonds is 2. The van der Waals surface area contributed by atoms with Crippen molar-refractivity contribution in [2.45, 2.75) is 32.2 Å². The van der Waals surface area contributed by atoms with E-state index < -0.39 is 0 Å². The number of carbonyl (C=O) groups is 1. The molecule has 18 heavy (non-hydrogen) atoms. The van der Waals surface area contributed by atoms with Crippen molar-refractivity contribution in [2.24, 2.45) is 0 Å². The molecule has 1 aliphatic heterocycles. The number of hydrogen-bond donors (Lipinski definition) is 3. The first kappa shape index (κ1) is 12.9. The van der Waals surface area contributed by atoms with E-state index in [1.807, 2.05) is 0 Å². The Labute approximate surface area is 107 Å². The first-order chi connectivity index (χ1) is 8.66. The van der Waals surface area contributed by atoms with Gasteiger partial charge in [0.05, 0.1) is 0 Å². The van der Waals surface area contributed by atoms with Crippen LogP contribution in [0.2, 0.25) is 0 Å². The lowest BCUT2D eigenvalue weighted by molar-refractivity contribution is 0.0934. The van der Waals surface area contributed by atoms with Gasteiger partial charge in [0.15, 0.2) is 0 Å². The predicted octanol–water partition coefficient (Wildman–Crippen LogP) is 1.57. The highest BCUT2D eigenvalue weighted by molar-refractivity contribution is 5.94. The summed E-state index contributed by atoms with van der Waals surface area (Å²) in [7, 11) is 0. The lowest BCUT2D eigenvalue weighted by Crippen LogP contribution is -2.35. The van der Waals surface area contributed by atoms with Crippen LogP contribution < -0.4 is 10.6 Å². The van der Waals surface area contributed by atoms with Gasteiger partial charge in [0.2, 0.25) is 0 Å². The number of phenolic OH excluding ortho intramolecular Hbond substituents is 1. The Balaban J connectivity index is 1.99. The molecule has 0 aromatic heterocycles. The minimum atomic E-state index is -0.0509. The molecular formula is C14H20N2O2. The van der Waals surface area contributed by atoms with Gasteiger partial charge in [0, 0.05) is 11.6 Å². The van der Waals surface area contributed by atoms with Gasteiger partial charge < -0.3 is 15.7 Å². The van der Waals surface area contributed by atoms with Gasteiger partial charge in [-0.05, 0) is 63.0 Å². The van der Waals surface area contributed by atoms with E-state index >= 15 is 0 Å². The molecule has 1 aromatic carbocycles. The van der Waals surface area contributed by atoms with E-state index in [9.17, 15) is 9.90 Å². The molecule has 4 heteroatoms. The van der Waals surface area contributed by atoms with Crippen LogP contribution in [-0.4, -0.2) is 30.1 Å². The zero-order valence-electron chi connectivity index (χ0n) is 10.7. The van der Waals surface area contributed by atoms with Crippen molar-refractivity contribution in [3.8, 4) is 5.75 Å². The summed E-state index contributed by atoms with van der Waals surface area (Å²) in [5.41, 5.74) is 1.34. The van der Waals surface area contributed by atoms with Crippen molar-refractivity contribution in [2.75, 3.05) is 13.1 Å². The lowest BCUT2D eigenvalue weighted by Gasteiger charge is -2.16. The highest BCUT2D eigenvalue weighted by atomic mass is 16.3. The summed E-state index contributed by atoms with van der Waals surface area (Å²) in [5, 5.41) is 15.8. The SMILES string of the molecule is Cc1cc(C(=O)NC2CCCNCC2)ccc1O. The standard InChI is InChI=1S/C14H20N2O2/c1-10-9-11(4-5-13(10)17)14(18)16-12-3-2-7-15-8-6-12/h4-5,9,12,15,17H,2-3,6-8H2,1H3,(H,16,18). The van der Waals surface area contributed by atoms with Gasteiger partial charge in [-0.15, -0.1) is 0 Å². The second kappa shape index (κ2) is 5.87. The third kappa shape index (κ3) is 3.23. The number of amides is 1. The molecule has 1 unspecified atom stereocenters. The van der Waals surface area contributed by atoms with E-state index in [2.05, 4.69) is 10.6 Å². The Morgan fingerprint density at radius 2 is 2.22 bits per heavy atom. The molecule has 1 saturated heterocycles. The van der Waals surface area contributed by atoms with Crippen molar-refractivity contribution >= 4 is 5.91 Å². The molecule has 2 rings (SSSR count). The smallest absolute Gasteiger partial charge is 0.251 e. The van der Waals surface area contributed by atoms with Gasteiger partial charge in [-0.25, -0.2) is 0 Å². The van der Waals surface area contributed by atoms with E-state index in [1.54, 1.807) is 25.1 Å². The summed E-state index contributed by atoms with van der Waals surface area (Å²) >= 11 is 0. The molecular weight excluding hydrogens is 228 g/mol. The topological polar surface area (TPSA) is 61.4 Å². The van der Waals surface area contributed by atoms with E-state index in [-0.39, 0.29) is 17.7 Å². The number of aromatic hydroxyl groups is 1. The number of carbonyl (C=O) groups excluding carboxylic acids is 1. The summed E-state index contributed by atoms with van der Waals surface area (Å²) < 4.78 is 0. The monoisotopic (exact) mass is 248 g/mol. The summed E-state index contributed by atoms with van der Waals surface area (Å²) in [4.78, 5) is 12.1. The Morgan fingerprint density at radius 1 is 1.39 bits per heavy atom. The first-order valence-corrected chi connectivity index (χ1v) is 6.48. The zero-order valence-corrected chi connectivity index (χ0v) is 10.7. The average Bonchev–Trinajstić information content (AvgIpc) is 2.61. The average molecular weight is 248 g/mol. The minimum absolute atomic E-state index is 0.0509. The van der Waals surface area contributed by atoms with Crippen LogP contribution in [-0.2, 0) is 0 Å². The molecule has 4 nitrogen and oxygen atoms in total. The second-order valence-corrected chi connectivity index (χ2v) is 4.85. The van der Waals surface area contributed by atoms with Gasteiger partial charge in [-0.3, -0.25) is 4.79 Å². The van der Waals surface area contributed by atoms with Crippen LogP contribution in [0.25, 0.3) is 0 Å². The third-order valence-electron chi connectivity index (χ3n) is 3.37. The van der Waals surface area contributed by atoms with Gasteiger partial charge in [0.25, 0.3) is 5.91 Å². The maximum atomic E-state index is 12.1. The zero-order chi connectivity index (χ0) is 13.0. The van der Waals surface area contributed by atoms with E-state index in [1.165, 1.54) is 0 Å². The van der Waals surface area contributed by atoms with E-state index in [0.29, 0.717) is 5.56 Å².